The second-order valence-corrected chi connectivity index (χ2v) is 3.88. The zero-order valence-electron chi connectivity index (χ0n) is 7.26. The monoisotopic (exact) mass is 200 g/mol. The highest BCUT2D eigenvalue weighted by Gasteiger charge is 2.25. The van der Waals surface area contributed by atoms with Gasteiger partial charge >= 0.3 is 0 Å². The van der Waals surface area contributed by atoms with E-state index in [0.29, 0.717) is 23.2 Å². The standard InChI is InChI=1S/C10H11ClFN/c11-9-2-1-3-10(12)8(9)6-13-7-4-5-7/h1-3,7,13H,4-6H2/p+1. The number of quaternary nitrogens is 1. The second-order valence-electron chi connectivity index (χ2n) is 3.48. The maximum Gasteiger partial charge on any atom is 0.133 e. The summed E-state index contributed by atoms with van der Waals surface area (Å²) in [7, 11) is 0. The van der Waals surface area contributed by atoms with Gasteiger partial charge in [-0.3, -0.25) is 0 Å². The maximum atomic E-state index is 13.2. The fraction of sp³-hybridized carbons (Fsp3) is 0.400. The van der Waals surface area contributed by atoms with Gasteiger partial charge < -0.3 is 5.32 Å². The van der Waals surface area contributed by atoms with E-state index in [0.717, 1.165) is 0 Å². The molecule has 1 aliphatic rings. The van der Waals surface area contributed by atoms with E-state index in [2.05, 4.69) is 5.32 Å². The minimum absolute atomic E-state index is 0.190. The summed E-state index contributed by atoms with van der Waals surface area (Å²) in [4.78, 5) is 0. The van der Waals surface area contributed by atoms with Crippen molar-refractivity contribution in [3.05, 3.63) is 34.6 Å². The normalized spacial score (nSPS) is 16.2. The number of hydrogen-bond donors (Lipinski definition) is 1. The number of halogens is 2. The molecule has 0 aliphatic heterocycles. The van der Waals surface area contributed by atoms with Crippen molar-refractivity contribution in [2.24, 2.45) is 0 Å². The second kappa shape index (κ2) is 3.64. The molecule has 3 heteroatoms. The van der Waals surface area contributed by atoms with Crippen LogP contribution in [0.2, 0.25) is 5.02 Å². The average molecular weight is 201 g/mol. The molecule has 0 bridgehead atoms. The first kappa shape index (κ1) is 8.97. The molecule has 0 amide bonds. The lowest BCUT2D eigenvalue weighted by Gasteiger charge is -2.03. The molecule has 1 aromatic carbocycles. The van der Waals surface area contributed by atoms with Crippen LogP contribution in [-0.4, -0.2) is 6.04 Å². The van der Waals surface area contributed by atoms with Crippen molar-refractivity contribution >= 4 is 11.6 Å². The van der Waals surface area contributed by atoms with Gasteiger partial charge in [0.05, 0.1) is 16.6 Å². The maximum absolute atomic E-state index is 13.2. The Morgan fingerprint density at radius 2 is 2.23 bits per heavy atom. The van der Waals surface area contributed by atoms with Crippen LogP contribution in [0.25, 0.3) is 0 Å². The molecule has 0 spiro atoms. The highest BCUT2D eigenvalue weighted by molar-refractivity contribution is 6.31. The Morgan fingerprint density at radius 3 is 2.85 bits per heavy atom. The van der Waals surface area contributed by atoms with Crippen molar-refractivity contribution in [3.63, 3.8) is 0 Å². The Hall–Kier alpha value is -0.600. The molecule has 0 aromatic heterocycles. The van der Waals surface area contributed by atoms with Crippen LogP contribution < -0.4 is 5.32 Å². The van der Waals surface area contributed by atoms with Gasteiger partial charge in [-0.05, 0) is 12.1 Å². The van der Waals surface area contributed by atoms with Crippen molar-refractivity contribution in [1.82, 2.24) is 0 Å². The number of hydrogen-bond acceptors (Lipinski definition) is 0. The van der Waals surface area contributed by atoms with Gasteiger partial charge in [0.15, 0.2) is 0 Å². The first-order valence-corrected chi connectivity index (χ1v) is 4.91. The Kier molecular flexibility index (Phi) is 2.51. The fourth-order valence-electron chi connectivity index (χ4n) is 1.34. The fourth-order valence-corrected chi connectivity index (χ4v) is 1.58. The lowest BCUT2D eigenvalue weighted by atomic mass is 10.2. The van der Waals surface area contributed by atoms with Gasteiger partial charge in [0.25, 0.3) is 0 Å². The summed E-state index contributed by atoms with van der Waals surface area (Å²) in [6.07, 6.45) is 2.51. The molecule has 70 valence electrons. The van der Waals surface area contributed by atoms with Crippen LogP contribution in [0.4, 0.5) is 4.39 Å². The molecule has 1 saturated carbocycles. The largest absolute Gasteiger partial charge is 0.340 e. The van der Waals surface area contributed by atoms with E-state index in [1.54, 1.807) is 12.1 Å². The quantitative estimate of drug-likeness (QED) is 0.765. The predicted octanol–water partition coefficient (Wildman–Crippen LogP) is 1.70. The molecule has 1 fully saturated rings. The van der Waals surface area contributed by atoms with Crippen LogP contribution in [0.5, 0.6) is 0 Å². The summed E-state index contributed by atoms with van der Waals surface area (Å²) in [5.74, 6) is -0.190. The van der Waals surface area contributed by atoms with Crippen molar-refractivity contribution in [2.45, 2.75) is 25.4 Å². The number of benzene rings is 1. The van der Waals surface area contributed by atoms with Gasteiger partial charge in [-0.1, -0.05) is 17.7 Å². The molecule has 2 N–H and O–H groups in total. The minimum Gasteiger partial charge on any atom is -0.340 e. The van der Waals surface area contributed by atoms with Gasteiger partial charge in [0.2, 0.25) is 0 Å². The molecule has 0 atom stereocenters. The van der Waals surface area contributed by atoms with E-state index in [4.69, 9.17) is 11.6 Å². The Morgan fingerprint density at radius 1 is 1.46 bits per heavy atom. The zero-order valence-corrected chi connectivity index (χ0v) is 8.02. The van der Waals surface area contributed by atoms with Crippen molar-refractivity contribution < 1.29 is 9.71 Å². The topological polar surface area (TPSA) is 16.6 Å². The smallest absolute Gasteiger partial charge is 0.133 e. The summed E-state index contributed by atoms with van der Waals surface area (Å²) >= 11 is 5.87. The molecule has 0 radical (unpaired) electrons. The minimum atomic E-state index is -0.190. The SMILES string of the molecule is Fc1cccc(Cl)c1C[NH2+]C1CC1. The lowest BCUT2D eigenvalue weighted by molar-refractivity contribution is -0.684. The molecule has 0 unspecified atom stereocenters. The summed E-state index contributed by atoms with van der Waals surface area (Å²) in [6.45, 7) is 0.663. The van der Waals surface area contributed by atoms with E-state index < -0.39 is 0 Å². The van der Waals surface area contributed by atoms with Gasteiger partial charge in [-0.25, -0.2) is 4.39 Å². The van der Waals surface area contributed by atoms with Gasteiger partial charge in [0.1, 0.15) is 12.4 Å². The van der Waals surface area contributed by atoms with Gasteiger partial charge in [-0.15, -0.1) is 0 Å². The highest BCUT2D eigenvalue weighted by atomic mass is 35.5. The van der Waals surface area contributed by atoms with E-state index >= 15 is 0 Å². The van der Waals surface area contributed by atoms with Crippen LogP contribution in [0.3, 0.4) is 0 Å². The third kappa shape index (κ3) is 2.20. The summed E-state index contributed by atoms with van der Waals surface area (Å²) < 4.78 is 13.2. The lowest BCUT2D eigenvalue weighted by Crippen LogP contribution is -2.84. The third-order valence-electron chi connectivity index (χ3n) is 2.34. The molecule has 0 saturated heterocycles. The zero-order chi connectivity index (χ0) is 9.26. The highest BCUT2D eigenvalue weighted by Crippen LogP contribution is 2.19. The Labute approximate surface area is 81.9 Å². The number of rotatable bonds is 3. The third-order valence-corrected chi connectivity index (χ3v) is 2.69. The van der Waals surface area contributed by atoms with Gasteiger partial charge in [-0.2, -0.15) is 0 Å². The van der Waals surface area contributed by atoms with Crippen molar-refractivity contribution in [3.8, 4) is 0 Å². The van der Waals surface area contributed by atoms with Crippen molar-refractivity contribution in [2.75, 3.05) is 0 Å². The summed E-state index contributed by atoms with van der Waals surface area (Å²) in [5, 5.41) is 2.70. The van der Waals surface area contributed by atoms with E-state index in [9.17, 15) is 4.39 Å². The van der Waals surface area contributed by atoms with Crippen LogP contribution in [-0.2, 0) is 6.54 Å². The molecule has 1 nitrogen and oxygen atoms in total. The predicted molar refractivity (Wildman–Crippen MR) is 50.1 cm³/mol. The molecule has 0 heterocycles. The summed E-state index contributed by atoms with van der Waals surface area (Å²) in [6, 6.07) is 5.54. The Bertz CT molecular complexity index is 290. The van der Waals surface area contributed by atoms with E-state index in [1.165, 1.54) is 18.9 Å². The first-order valence-electron chi connectivity index (χ1n) is 4.53. The van der Waals surface area contributed by atoms with Crippen molar-refractivity contribution in [1.29, 1.82) is 0 Å². The van der Waals surface area contributed by atoms with Crippen LogP contribution in [0.15, 0.2) is 18.2 Å². The molecule has 2 rings (SSSR count). The van der Waals surface area contributed by atoms with Crippen LogP contribution >= 0.6 is 11.6 Å². The first-order chi connectivity index (χ1) is 6.27. The van der Waals surface area contributed by atoms with E-state index in [-0.39, 0.29) is 5.82 Å². The summed E-state index contributed by atoms with van der Waals surface area (Å²) in [5.41, 5.74) is 0.635. The van der Waals surface area contributed by atoms with E-state index in [1.807, 2.05) is 0 Å². The molecule has 1 aromatic rings. The molecular formula is C10H12ClFN+. The van der Waals surface area contributed by atoms with Crippen LogP contribution in [0, 0.1) is 5.82 Å². The average Bonchev–Trinajstić information content (AvgIpc) is 2.87. The Balaban J connectivity index is 2.07. The van der Waals surface area contributed by atoms with Crippen LogP contribution in [0.1, 0.15) is 18.4 Å². The molecule has 1 aliphatic carbocycles. The molecule has 13 heavy (non-hydrogen) atoms. The molecular weight excluding hydrogens is 189 g/mol. The number of nitrogens with two attached hydrogens (primary N) is 1. The van der Waals surface area contributed by atoms with Gasteiger partial charge in [0, 0.05) is 12.8 Å².